The van der Waals surface area contributed by atoms with Crippen LogP contribution in [0.3, 0.4) is 0 Å². The molecule has 0 bridgehead atoms. The zero-order chi connectivity index (χ0) is 13.1. The van der Waals surface area contributed by atoms with Crippen molar-refractivity contribution in [3.8, 4) is 0 Å². The van der Waals surface area contributed by atoms with Gasteiger partial charge in [-0.05, 0) is 0 Å². The first-order valence-corrected chi connectivity index (χ1v) is 7.45. The van der Waals surface area contributed by atoms with Crippen molar-refractivity contribution in [1.29, 1.82) is 0 Å². The summed E-state index contributed by atoms with van der Waals surface area (Å²) in [4.78, 5) is 16.4. The van der Waals surface area contributed by atoms with E-state index in [1.807, 2.05) is 0 Å². The van der Waals surface area contributed by atoms with E-state index in [9.17, 15) is 4.79 Å². The molecule has 5 nitrogen and oxygen atoms in total. The van der Waals surface area contributed by atoms with Gasteiger partial charge in [0.2, 0.25) is 0 Å². The lowest BCUT2D eigenvalue weighted by atomic mass is 10.4. The van der Waals surface area contributed by atoms with Crippen LogP contribution in [0.15, 0.2) is 16.9 Å². The Morgan fingerprint density at radius 1 is 0.842 bits per heavy atom. The number of ether oxygens (including phenoxy) is 2. The van der Waals surface area contributed by atoms with Gasteiger partial charge in [0, 0.05) is 38.3 Å². The normalized spacial score (nSPS) is 20.6. The molecule has 3 rings (SSSR count). The van der Waals surface area contributed by atoms with Crippen molar-refractivity contribution >= 4 is 21.3 Å². The molecule has 6 heteroatoms. The van der Waals surface area contributed by atoms with E-state index >= 15 is 0 Å². The molecule has 104 valence electrons. The predicted molar refractivity (Wildman–Crippen MR) is 76.7 cm³/mol. The molecule has 19 heavy (non-hydrogen) atoms. The van der Waals surface area contributed by atoms with Crippen LogP contribution in [0.25, 0.3) is 0 Å². The van der Waals surface area contributed by atoms with E-state index in [1.54, 1.807) is 23.5 Å². The molecule has 2 aliphatic heterocycles. The number of morpholine rings is 2. The fraction of sp³-hybridized carbons (Fsp3) is 0.615. The van der Waals surface area contributed by atoms with Crippen molar-refractivity contribution in [3.63, 3.8) is 0 Å². The largest absolute Gasteiger partial charge is 0.378 e. The highest BCUT2D eigenvalue weighted by Crippen LogP contribution is 2.29. The number of nitrogens with zero attached hydrogens (tertiary/aromatic N) is 2. The molecular weight excluding hydrogens is 264 g/mol. The molecule has 0 unspecified atom stereocenters. The molecule has 3 heterocycles. The summed E-state index contributed by atoms with van der Waals surface area (Å²) in [6.07, 6.45) is 0. The average Bonchev–Trinajstić information content (AvgIpc) is 2.48. The maximum Gasteiger partial charge on any atom is 0.184 e. The lowest BCUT2D eigenvalue weighted by molar-refractivity contribution is 0.123. The minimum atomic E-state index is 0.0849. The molecule has 2 fully saturated rings. The lowest BCUT2D eigenvalue weighted by Crippen LogP contribution is -2.37. The molecule has 0 aliphatic carbocycles. The summed E-state index contributed by atoms with van der Waals surface area (Å²) in [5, 5.41) is 2.11. The average molecular weight is 282 g/mol. The Kier molecular flexibility index (Phi) is 4.00. The molecule has 0 amide bonds. The van der Waals surface area contributed by atoms with E-state index in [1.165, 1.54) is 0 Å². The van der Waals surface area contributed by atoms with Crippen molar-refractivity contribution in [2.24, 2.45) is 0 Å². The third-order valence-electron chi connectivity index (χ3n) is 3.39. The third-order valence-corrected chi connectivity index (χ3v) is 4.56. The monoisotopic (exact) mass is 282 g/mol. The zero-order valence-corrected chi connectivity index (χ0v) is 11.7. The molecule has 0 N–H and O–H groups in total. The van der Waals surface area contributed by atoms with Crippen molar-refractivity contribution in [3.05, 3.63) is 22.4 Å². The maximum atomic E-state index is 11.9. The number of anilines is 2. The van der Waals surface area contributed by atoms with Crippen LogP contribution in [0.2, 0.25) is 0 Å². The summed E-state index contributed by atoms with van der Waals surface area (Å²) in [5.41, 5.74) is 0.0849. The number of rotatable bonds is 2. The fourth-order valence-electron chi connectivity index (χ4n) is 2.33. The Hall–Kier alpha value is -1.11. The van der Waals surface area contributed by atoms with Gasteiger partial charge in [-0.25, -0.2) is 0 Å². The molecule has 0 atom stereocenters. The van der Waals surface area contributed by atoms with Crippen molar-refractivity contribution in [2.45, 2.75) is 0 Å². The van der Waals surface area contributed by atoms with Gasteiger partial charge in [0.15, 0.2) is 5.43 Å². The van der Waals surface area contributed by atoms with Crippen LogP contribution in [0.4, 0.5) is 10.0 Å². The number of hydrogen-bond donors (Lipinski definition) is 0. The summed E-state index contributed by atoms with van der Waals surface area (Å²) in [6, 6.07) is 3.47. The molecular formula is C13H18N2O3S. The Balaban J connectivity index is 1.84. The number of hydrogen-bond acceptors (Lipinski definition) is 6. The van der Waals surface area contributed by atoms with Crippen molar-refractivity contribution < 1.29 is 9.47 Å². The van der Waals surface area contributed by atoms with Crippen LogP contribution in [-0.4, -0.2) is 52.6 Å². The molecule has 1 aromatic heterocycles. The first kappa shape index (κ1) is 12.9. The Morgan fingerprint density at radius 3 is 1.68 bits per heavy atom. The second-order valence-electron chi connectivity index (χ2n) is 4.67. The molecule has 0 radical (unpaired) electrons. The third kappa shape index (κ3) is 3.08. The van der Waals surface area contributed by atoms with Crippen LogP contribution in [-0.2, 0) is 9.47 Å². The quantitative estimate of drug-likeness (QED) is 0.802. The van der Waals surface area contributed by atoms with Gasteiger partial charge in [-0.1, -0.05) is 0 Å². The van der Waals surface area contributed by atoms with Crippen LogP contribution < -0.4 is 15.2 Å². The van der Waals surface area contributed by atoms with Crippen LogP contribution in [0.5, 0.6) is 0 Å². The van der Waals surface area contributed by atoms with E-state index in [0.717, 1.165) is 62.6 Å². The minimum Gasteiger partial charge on any atom is -0.378 e. The van der Waals surface area contributed by atoms with E-state index in [-0.39, 0.29) is 5.43 Å². The van der Waals surface area contributed by atoms with Gasteiger partial charge in [0.1, 0.15) is 0 Å². The second-order valence-corrected chi connectivity index (χ2v) is 5.71. The second kappa shape index (κ2) is 5.90. The first-order chi connectivity index (χ1) is 9.33. The molecule has 0 aromatic carbocycles. The smallest absolute Gasteiger partial charge is 0.184 e. The SMILES string of the molecule is O=c1cc(N2CCOCC2)sc(N2CCOCC2)c1. The highest BCUT2D eigenvalue weighted by atomic mass is 32.1. The fourth-order valence-corrected chi connectivity index (χ4v) is 3.52. The topological polar surface area (TPSA) is 42.0 Å². The zero-order valence-electron chi connectivity index (χ0n) is 10.8. The first-order valence-electron chi connectivity index (χ1n) is 6.63. The summed E-state index contributed by atoms with van der Waals surface area (Å²) >= 11 is 1.69. The molecule has 1 aromatic rings. The van der Waals surface area contributed by atoms with Gasteiger partial charge in [-0.15, -0.1) is 11.3 Å². The van der Waals surface area contributed by atoms with Crippen LogP contribution in [0.1, 0.15) is 0 Å². The summed E-state index contributed by atoms with van der Waals surface area (Å²) in [6.45, 7) is 6.41. The highest BCUT2D eigenvalue weighted by molar-refractivity contribution is 7.19. The Labute approximate surface area is 116 Å². The van der Waals surface area contributed by atoms with Crippen LogP contribution >= 0.6 is 11.3 Å². The predicted octanol–water partition coefficient (Wildman–Crippen LogP) is 0.781. The van der Waals surface area contributed by atoms with E-state index in [0.29, 0.717) is 0 Å². The van der Waals surface area contributed by atoms with Crippen molar-refractivity contribution in [1.82, 2.24) is 0 Å². The standard InChI is InChI=1S/C13H18N2O3S/c16-11-9-12(14-1-5-17-6-2-14)19-13(10-11)15-3-7-18-8-4-15/h9-10H,1-8H2. The van der Waals surface area contributed by atoms with E-state index < -0.39 is 0 Å². The summed E-state index contributed by atoms with van der Waals surface area (Å²) in [7, 11) is 0. The van der Waals surface area contributed by atoms with E-state index in [4.69, 9.17) is 9.47 Å². The van der Waals surface area contributed by atoms with Crippen molar-refractivity contribution in [2.75, 3.05) is 62.4 Å². The summed E-state index contributed by atoms with van der Waals surface area (Å²) in [5.74, 6) is 0. The van der Waals surface area contributed by atoms with E-state index in [2.05, 4.69) is 9.80 Å². The van der Waals surface area contributed by atoms with Crippen LogP contribution in [0, 0.1) is 0 Å². The van der Waals surface area contributed by atoms with Gasteiger partial charge in [-0.3, -0.25) is 4.79 Å². The maximum absolute atomic E-state index is 11.9. The lowest BCUT2D eigenvalue weighted by Gasteiger charge is -2.31. The van der Waals surface area contributed by atoms with Gasteiger partial charge in [-0.2, -0.15) is 0 Å². The van der Waals surface area contributed by atoms with Gasteiger partial charge < -0.3 is 19.3 Å². The Bertz CT molecular complexity index is 440. The minimum absolute atomic E-state index is 0.0849. The molecule has 2 aliphatic rings. The van der Waals surface area contributed by atoms with Gasteiger partial charge in [0.05, 0.1) is 36.4 Å². The molecule has 0 saturated carbocycles. The van der Waals surface area contributed by atoms with Gasteiger partial charge in [0.25, 0.3) is 0 Å². The van der Waals surface area contributed by atoms with Gasteiger partial charge >= 0.3 is 0 Å². The molecule has 2 saturated heterocycles. The highest BCUT2D eigenvalue weighted by Gasteiger charge is 2.17. The Morgan fingerprint density at radius 2 is 1.26 bits per heavy atom. The molecule has 0 spiro atoms. The summed E-state index contributed by atoms with van der Waals surface area (Å²) < 4.78 is 10.7.